The van der Waals surface area contributed by atoms with Crippen LogP contribution in [0.2, 0.25) is 0 Å². The fourth-order valence-electron chi connectivity index (χ4n) is 3.15. The highest BCUT2D eigenvalue weighted by Gasteiger charge is 2.34. The van der Waals surface area contributed by atoms with E-state index in [0.29, 0.717) is 12.0 Å². The summed E-state index contributed by atoms with van der Waals surface area (Å²) >= 11 is 0. The molecule has 9 N–H and O–H groups in total. The van der Waals surface area contributed by atoms with Crippen LogP contribution in [-0.2, 0) is 25.6 Å². The van der Waals surface area contributed by atoms with E-state index in [1.165, 1.54) is 38.1 Å². The summed E-state index contributed by atoms with van der Waals surface area (Å²) in [5.41, 5.74) is 6.16. The van der Waals surface area contributed by atoms with Crippen molar-refractivity contribution in [3.63, 3.8) is 0 Å². The van der Waals surface area contributed by atoms with Gasteiger partial charge in [-0.25, -0.2) is 4.79 Å². The van der Waals surface area contributed by atoms with Crippen LogP contribution in [0.15, 0.2) is 24.3 Å². The predicted octanol–water partition coefficient (Wildman–Crippen LogP) is -1.39. The van der Waals surface area contributed by atoms with Crippen LogP contribution in [0.4, 0.5) is 0 Å². The zero-order valence-corrected chi connectivity index (χ0v) is 20.3. The lowest BCUT2D eigenvalue weighted by molar-refractivity contribution is -0.143. The molecule has 0 aliphatic heterocycles. The molecule has 12 heteroatoms. The minimum Gasteiger partial charge on any atom is -0.508 e. The number of carbonyl (C=O) groups is 4. The van der Waals surface area contributed by atoms with E-state index in [0.717, 1.165) is 0 Å². The molecule has 1 aromatic carbocycles. The number of aromatic hydroxyl groups is 1. The molecule has 12 nitrogen and oxygen atoms in total. The lowest BCUT2D eigenvalue weighted by Gasteiger charge is -2.29. The highest BCUT2D eigenvalue weighted by molar-refractivity contribution is 5.94. The SMILES string of the molecule is CCC(C)C(NC(=O)C(N)C(C)O)C(=O)NC(C(=O)NC(Cc1ccc(O)cc1)C(=O)O)C(C)O. The summed E-state index contributed by atoms with van der Waals surface area (Å²) < 4.78 is 0. The molecule has 0 saturated heterocycles. The van der Waals surface area contributed by atoms with Gasteiger partial charge in [-0.1, -0.05) is 32.4 Å². The van der Waals surface area contributed by atoms with Gasteiger partial charge in [0, 0.05) is 6.42 Å². The molecule has 196 valence electrons. The summed E-state index contributed by atoms with van der Waals surface area (Å²) in [4.78, 5) is 49.8. The third-order valence-electron chi connectivity index (χ3n) is 5.67. The van der Waals surface area contributed by atoms with Gasteiger partial charge >= 0.3 is 5.97 Å². The number of rotatable bonds is 13. The minimum atomic E-state index is -1.52. The van der Waals surface area contributed by atoms with Crippen molar-refractivity contribution in [1.82, 2.24) is 16.0 Å². The lowest BCUT2D eigenvalue weighted by atomic mass is 9.96. The Labute approximate surface area is 203 Å². The Balaban J connectivity index is 3.00. The average Bonchev–Trinajstić information content (AvgIpc) is 2.79. The van der Waals surface area contributed by atoms with Crippen molar-refractivity contribution in [2.75, 3.05) is 0 Å². The van der Waals surface area contributed by atoms with Crippen LogP contribution in [0.25, 0.3) is 0 Å². The van der Waals surface area contributed by atoms with Gasteiger partial charge in [-0.05, 0) is 37.5 Å². The number of nitrogens with two attached hydrogens (primary N) is 1. The zero-order valence-electron chi connectivity index (χ0n) is 20.3. The van der Waals surface area contributed by atoms with E-state index in [4.69, 9.17) is 5.73 Å². The van der Waals surface area contributed by atoms with Crippen molar-refractivity contribution in [3.05, 3.63) is 29.8 Å². The first-order chi connectivity index (χ1) is 16.3. The first-order valence-corrected chi connectivity index (χ1v) is 11.3. The molecule has 0 spiro atoms. The topological polar surface area (TPSA) is 211 Å². The number of benzene rings is 1. The Morgan fingerprint density at radius 3 is 1.83 bits per heavy atom. The largest absolute Gasteiger partial charge is 0.508 e. The minimum absolute atomic E-state index is 0.00102. The maximum atomic E-state index is 13.0. The van der Waals surface area contributed by atoms with E-state index < -0.39 is 60.1 Å². The number of carboxylic acid groups (broad SMARTS) is 1. The molecule has 0 bridgehead atoms. The smallest absolute Gasteiger partial charge is 0.326 e. The van der Waals surface area contributed by atoms with Gasteiger partial charge in [0.05, 0.1) is 12.2 Å². The molecule has 0 radical (unpaired) electrons. The van der Waals surface area contributed by atoms with Crippen molar-refractivity contribution in [2.45, 2.75) is 76.9 Å². The molecule has 0 aromatic heterocycles. The summed E-state index contributed by atoms with van der Waals surface area (Å²) in [5, 5.41) is 45.7. The Morgan fingerprint density at radius 1 is 0.857 bits per heavy atom. The number of nitrogens with one attached hydrogen (secondary N) is 3. The number of carbonyl (C=O) groups excluding carboxylic acids is 3. The van der Waals surface area contributed by atoms with E-state index in [1.807, 2.05) is 0 Å². The predicted molar refractivity (Wildman–Crippen MR) is 126 cm³/mol. The average molecular weight is 497 g/mol. The number of aliphatic hydroxyl groups excluding tert-OH is 2. The fourth-order valence-corrected chi connectivity index (χ4v) is 3.15. The monoisotopic (exact) mass is 496 g/mol. The molecular weight excluding hydrogens is 460 g/mol. The van der Waals surface area contributed by atoms with Crippen molar-refractivity contribution < 1.29 is 39.6 Å². The number of aliphatic carboxylic acids is 1. The first-order valence-electron chi connectivity index (χ1n) is 11.3. The standard InChI is InChI=1S/C23H36N4O8/c1-5-11(2)18(26-20(31)17(24)12(3)28)21(32)27-19(13(4)29)22(33)25-16(23(34)35)10-14-6-8-15(30)9-7-14/h6-9,11-13,16-19,28-30H,5,10,24H2,1-4H3,(H,25,33)(H,26,31)(H,27,32)(H,34,35). The van der Waals surface area contributed by atoms with Gasteiger partial charge in [-0.15, -0.1) is 0 Å². The number of amides is 3. The second-order valence-corrected chi connectivity index (χ2v) is 8.64. The Morgan fingerprint density at radius 2 is 1.37 bits per heavy atom. The second kappa shape index (κ2) is 13.6. The van der Waals surface area contributed by atoms with Crippen molar-refractivity contribution in [1.29, 1.82) is 0 Å². The molecule has 35 heavy (non-hydrogen) atoms. The fraction of sp³-hybridized carbons (Fsp3) is 0.565. The third kappa shape index (κ3) is 9.15. The van der Waals surface area contributed by atoms with E-state index in [9.17, 15) is 39.6 Å². The van der Waals surface area contributed by atoms with E-state index in [-0.39, 0.29) is 18.1 Å². The maximum absolute atomic E-state index is 13.0. The number of aliphatic hydroxyl groups is 2. The maximum Gasteiger partial charge on any atom is 0.326 e. The van der Waals surface area contributed by atoms with Gasteiger partial charge in [-0.2, -0.15) is 0 Å². The van der Waals surface area contributed by atoms with Gasteiger partial charge in [0.25, 0.3) is 0 Å². The van der Waals surface area contributed by atoms with Crippen LogP contribution in [-0.4, -0.2) is 80.5 Å². The molecule has 0 aliphatic rings. The molecule has 7 unspecified atom stereocenters. The van der Waals surface area contributed by atoms with Gasteiger partial charge in [0.15, 0.2) is 0 Å². The molecular formula is C23H36N4O8. The van der Waals surface area contributed by atoms with Gasteiger partial charge in [-0.3, -0.25) is 14.4 Å². The zero-order chi connectivity index (χ0) is 26.9. The summed E-state index contributed by atoms with van der Waals surface area (Å²) in [6.45, 7) is 6.05. The molecule has 0 fully saturated rings. The summed E-state index contributed by atoms with van der Waals surface area (Å²) in [5.74, 6) is -4.21. The highest BCUT2D eigenvalue weighted by atomic mass is 16.4. The number of hydrogen-bond donors (Lipinski definition) is 8. The van der Waals surface area contributed by atoms with Crippen molar-refractivity contribution in [3.8, 4) is 5.75 Å². The number of phenols is 1. The van der Waals surface area contributed by atoms with Crippen LogP contribution < -0.4 is 21.7 Å². The summed E-state index contributed by atoms with van der Waals surface area (Å²) in [7, 11) is 0. The van der Waals surface area contributed by atoms with E-state index in [1.54, 1.807) is 13.8 Å². The van der Waals surface area contributed by atoms with Gasteiger partial charge < -0.3 is 42.1 Å². The van der Waals surface area contributed by atoms with Crippen LogP contribution in [0.5, 0.6) is 5.75 Å². The van der Waals surface area contributed by atoms with Crippen molar-refractivity contribution >= 4 is 23.7 Å². The van der Waals surface area contributed by atoms with E-state index in [2.05, 4.69) is 16.0 Å². The lowest BCUT2D eigenvalue weighted by Crippen LogP contribution is -2.61. The van der Waals surface area contributed by atoms with E-state index >= 15 is 0 Å². The van der Waals surface area contributed by atoms with Crippen LogP contribution in [0.1, 0.15) is 39.7 Å². The number of hydrogen-bond acceptors (Lipinski definition) is 8. The molecule has 0 heterocycles. The summed E-state index contributed by atoms with van der Waals surface area (Å²) in [6.07, 6.45) is -2.19. The highest BCUT2D eigenvalue weighted by Crippen LogP contribution is 2.12. The van der Waals surface area contributed by atoms with Crippen LogP contribution in [0, 0.1) is 5.92 Å². The summed E-state index contributed by atoms with van der Waals surface area (Å²) in [6, 6.07) is 0.465. The number of carboxylic acids is 1. The molecule has 0 saturated carbocycles. The molecule has 7 atom stereocenters. The Kier molecular flexibility index (Phi) is 11.6. The normalized spacial score (nSPS) is 17.1. The quantitative estimate of drug-likeness (QED) is 0.161. The third-order valence-corrected chi connectivity index (χ3v) is 5.67. The van der Waals surface area contributed by atoms with Crippen LogP contribution in [0.3, 0.4) is 0 Å². The van der Waals surface area contributed by atoms with Crippen molar-refractivity contribution in [2.24, 2.45) is 11.7 Å². The Bertz CT molecular complexity index is 875. The van der Waals surface area contributed by atoms with Crippen LogP contribution >= 0.6 is 0 Å². The molecule has 3 amide bonds. The molecule has 1 aromatic rings. The van der Waals surface area contributed by atoms with Gasteiger partial charge in [0.1, 0.15) is 29.9 Å². The number of phenolic OH excluding ortho intramolecular Hbond substituents is 1. The van der Waals surface area contributed by atoms with Gasteiger partial charge in [0.2, 0.25) is 17.7 Å². The Hall–Kier alpha value is -3.22. The first kappa shape index (κ1) is 29.8. The molecule has 1 rings (SSSR count). The second-order valence-electron chi connectivity index (χ2n) is 8.64. The molecule has 0 aliphatic carbocycles.